The monoisotopic (exact) mass is 127 g/mol. The van der Waals surface area contributed by atoms with Crippen molar-refractivity contribution in [2.45, 2.75) is 5.79 Å². The summed E-state index contributed by atoms with van der Waals surface area (Å²) in [5, 5.41) is 17.3. The highest BCUT2D eigenvalue weighted by Crippen LogP contribution is 2.03. The fourth-order valence-electron chi connectivity index (χ4n) is 0.444. The van der Waals surface area contributed by atoms with Crippen LogP contribution in [0.25, 0.3) is 0 Å². The molecule has 48 valence electrons. The zero-order valence-electron chi connectivity index (χ0n) is 4.48. The molecule has 1 aliphatic rings. The normalized spacial score (nSPS) is 22.7. The van der Waals surface area contributed by atoms with Gasteiger partial charge in [0.25, 0.3) is 5.79 Å². The molecule has 0 saturated heterocycles. The van der Waals surface area contributed by atoms with Gasteiger partial charge in [-0.2, -0.15) is 0 Å². The largest absolute Gasteiger partial charge is 0.355 e. The Balaban J connectivity index is 2.91. The second-order valence-corrected chi connectivity index (χ2v) is 1.68. The molecule has 9 heavy (non-hydrogen) atoms. The summed E-state index contributed by atoms with van der Waals surface area (Å²) in [6.07, 6.45) is 2.97. The number of carbonyl (C=O) groups is 1. The lowest BCUT2D eigenvalue weighted by Gasteiger charge is -2.13. The van der Waals surface area contributed by atoms with Crippen LogP contribution in [0.5, 0.6) is 0 Å². The smallest absolute Gasteiger partial charge is 0.266 e. The van der Waals surface area contributed by atoms with Gasteiger partial charge in [-0.3, -0.25) is 9.79 Å². The Morgan fingerprint density at radius 2 is 2.22 bits per heavy atom. The van der Waals surface area contributed by atoms with Crippen LogP contribution >= 0.6 is 0 Å². The molecular weight excluding hydrogens is 122 g/mol. The van der Waals surface area contributed by atoms with E-state index in [1.54, 1.807) is 0 Å². The van der Waals surface area contributed by atoms with Crippen LogP contribution in [0.4, 0.5) is 0 Å². The van der Waals surface area contributed by atoms with Crippen LogP contribution in [0.2, 0.25) is 0 Å². The quantitative estimate of drug-likeness (QED) is 0.403. The molecule has 1 rings (SSSR count). The lowest BCUT2D eigenvalue weighted by molar-refractivity contribution is -0.152. The summed E-state index contributed by atoms with van der Waals surface area (Å²) in [7, 11) is 0. The van der Waals surface area contributed by atoms with Gasteiger partial charge in [0.1, 0.15) is 0 Å². The summed E-state index contributed by atoms with van der Waals surface area (Å²) in [5.41, 5.74) is 0. The summed E-state index contributed by atoms with van der Waals surface area (Å²) < 4.78 is 0. The first-order valence-electron chi connectivity index (χ1n) is 2.33. The van der Waals surface area contributed by atoms with Crippen LogP contribution in [0.3, 0.4) is 0 Å². The van der Waals surface area contributed by atoms with Gasteiger partial charge in [0, 0.05) is 12.3 Å². The molecule has 1 aliphatic heterocycles. The maximum absolute atomic E-state index is 10.4. The molecular formula is C5H5NO3. The summed E-state index contributed by atoms with van der Waals surface area (Å²) >= 11 is 0. The molecule has 0 aromatic rings. The Kier molecular flexibility index (Phi) is 1.19. The molecule has 2 N–H and O–H groups in total. The predicted molar refractivity (Wildman–Crippen MR) is 29.8 cm³/mol. The van der Waals surface area contributed by atoms with Crippen LogP contribution in [0.1, 0.15) is 0 Å². The van der Waals surface area contributed by atoms with E-state index in [1.165, 1.54) is 6.20 Å². The molecule has 1 heterocycles. The average Bonchev–Trinajstić information content (AvgIpc) is 1.77. The van der Waals surface area contributed by atoms with Gasteiger partial charge in [-0.05, 0) is 0 Å². The highest BCUT2D eigenvalue weighted by atomic mass is 16.5. The Morgan fingerprint density at radius 1 is 1.56 bits per heavy atom. The van der Waals surface area contributed by atoms with Crippen molar-refractivity contribution in [3.05, 3.63) is 12.3 Å². The number of nitrogens with zero attached hydrogens (tertiary/aromatic N) is 1. The van der Waals surface area contributed by atoms with Crippen molar-refractivity contribution in [3.8, 4) is 0 Å². The van der Waals surface area contributed by atoms with Gasteiger partial charge >= 0.3 is 0 Å². The third-order valence-electron chi connectivity index (χ3n) is 0.929. The van der Waals surface area contributed by atoms with E-state index < -0.39 is 11.6 Å². The van der Waals surface area contributed by atoms with Crippen LogP contribution in [0.15, 0.2) is 17.3 Å². The maximum Gasteiger partial charge on any atom is 0.266 e. The molecule has 0 atom stereocenters. The Morgan fingerprint density at radius 3 is 2.56 bits per heavy atom. The first kappa shape index (κ1) is 6.12. The van der Waals surface area contributed by atoms with Gasteiger partial charge in [-0.25, -0.2) is 0 Å². The third-order valence-corrected chi connectivity index (χ3v) is 0.929. The maximum atomic E-state index is 10.4. The molecule has 0 radical (unpaired) electrons. The van der Waals surface area contributed by atoms with Gasteiger partial charge in [0.05, 0.1) is 6.21 Å². The highest BCUT2D eigenvalue weighted by Gasteiger charge is 2.29. The average molecular weight is 127 g/mol. The van der Waals surface area contributed by atoms with Gasteiger partial charge in [-0.15, -0.1) is 0 Å². The lowest BCUT2D eigenvalue weighted by Crippen LogP contribution is -2.39. The van der Waals surface area contributed by atoms with Crippen molar-refractivity contribution in [2.75, 3.05) is 0 Å². The van der Waals surface area contributed by atoms with Gasteiger partial charge in [0.15, 0.2) is 0 Å². The van der Waals surface area contributed by atoms with Crippen molar-refractivity contribution >= 4 is 12.0 Å². The molecule has 4 nitrogen and oxygen atoms in total. The van der Waals surface area contributed by atoms with E-state index in [0.717, 1.165) is 12.3 Å². The minimum absolute atomic E-state index is 0.766. The van der Waals surface area contributed by atoms with Gasteiger partial charge in [0.2, 0.25) is 5.78 Å². The number of hydrogen-bond acceptors (Lipinski definition) is 4. The van der Waals surface area contributed by atoms with Crippen LogP contribution < -0.4 is 0 Å². The number of rotatable bonds is 0. The van der Waals surface area contributed by atoms with Crippen molar-refractivity contribution in [1.29, 1.82) is 0 Å². The molecule has 0 aromatic carbocycles. The third kappa shape index (κ3) is 1.04. The fraction of sp³-hybridized carbons (Fsp3) is 0.200. The summed E-state index contributed by atoms with van der Waals surface area (Å²) in [6.45, 7) is 0. The fourth-order valence-corrected chi connectivity index (χ4v) is 0.444. The van der Waals surface area contributed by atoms with Crippen molar-refractivity contribution in [1.82, 2.24) is 0 Å². The number of ketones is 1. The number of carbonyl (C=O) groups excluding carboxylic acids is 1. The topological polar surface area (TPSA) is 69.9 Å². The summed E-state index contributed by atoms with van der Waals surface area (Å²) in [6, 6.07) is 0. The minimum atomic E-state index is -2.38. The molecule has 0 bridgehead atoms. The number of aliphatic imine (C=N–C) groups is 1. The minimum Gasteiger partial charge on any atom is -0.355 e. The Bertz CT molecular complexity index is 192. The molecule has 0 amide bonds. The van der Waals surface area contributed by atoms with Gasteiger partial charge < -0.3 is 10.2 Å². The SMILES string of the molecule is O=C1C=CN=CC1(O)O. The zero-order chi connectivity index (χ0) is 6.91. The first-order chi connectivity index (χ1) is 4.13. The highest BCUT2D eigenvalue weighted by molar-refractivity contribution is 6.08. The molecule has 0 spiro atoms. The van der Waals surface area contributed by atoms with E-state index in [9.17, 15) is 4.79 Å². The standard InChI is InChI=1S/C5H5NO3/c7-4-1-2-6-3-5(4,8)9/h1-3,8-9H. The Hall–Kier alpha value is -1.00. The van der Waals surface area contributed by atoms with Crippen LogP contribution in [-0.4, -0.2) is 28.0 Å². The second-order valence-electron chi connectivity index (χ2n) is 1.68. The van der Waals surface area contributed by atoms with E-state index in [0.29, 0.717) is 0 Å². The van der Waals surface area contributed by atoms with E-state index in [1.807, 2.05) is 0 Å². The van der Waals surface area contributed by atoms with E-state index in [-0.39, 0.29) is 0 Å². The van der Waals surface area contributed by atoms with Crippen LogP contribution in [0, 0.1) is 0 Å². The number of aliphatic hydroxyl groups is 2. The van der Waals surface area contributed by atoms with E-state index in [4.69, 9.17) is 10.2 Å². The van der Waals surface area contributed by atoms with Crippen molar-refractivity contribution in [2.24, 2.45) is 4.99 Å². The Labute approximate surface area is 51.1 Å². The second kappa shape index (κ2) is 1.75. The van der Waals surface area contributed by atoms with Gasteiger partial charge in [-0.1, -0.05) is 0 Å². The van der Waals surface area contributed by atoms with Crippen molar-refractivity contribution in [3.63, 3.8) is 0 Å². The summed E-state index contributed by atoms with van der Waals surface area (Å²) in [4.78, 5) is 13.8. The molecule has 0 aliphatic carbocycles. The molecule has 4 heteroatoms. The number of hydrogen-bond donors (Lipinski definition) is 2. The van der Waals surface area contributed by atoms with Crippen molar-refractivity contribution < 1.29 is 15.0 Å². The molecule has 0 aromatic heterocycles. The predicted octanol–water partition coefficient (Wildman–Crippen LogP) is -1.17. The van der Waals surface area contributed by atoms with Crippen LogP contribution in [-0.2, 0) is 4.79 Å². The lowest BCUT2D eigenvalue weighted by atomic mass is 10.1. The van der Waals surface area contributed by atoms with E-state index >= 15 is 0 Å². The zero-order valence-corrected chi connectivity index (χ0v) is 4.48. The summed E-state index contributed by atoms with van der Waals surface area (Å²) in [5.74, 6) is -3.15. The first-order valence-corrected chi connectivity index (χ1v) is 2.33. The van der Waals surface area contributed by atoms with E-state index in [2.05, 4.69) is 4.99 Å². The molecule has 0 fully saturated rings. The molecule has 0 saturated carbocycles. The molecule has 0 unspecified atom stereocenters.